The van der Waals surface area contributed by atoms with Crippen molar-refractivity contribution in [1.29, 1.82) is 0 Å². The number of nitrogens with zero attached hydrogens (tertiary/aromatic N) is 8. The fraction of sp³-hybridized carbons (Fsp3) is 0.467. The predicted octanol–water partition coefficient (Wildman–Crippen LogP) is 18.3. The van der Waals surface area contributed by atoms with Gasteiger partial charge in [0.1, 0.15) is 23.3 Å². The lowest BCUT2D eigenvalue weighted by atomic mass is 9.97. The molecule has 0 bridgehead atoms. The molecule has 30 nitrogen and oxygen atoms in total. The smallest absolute Gasteiger partial charge is 0.409 e. The van der Waals surface area contributed by atoms with Gasteiger partial charge in [0.2, 0.25) is 35.4 Å². The molecule has 6 aliphatic heterocycles. The number of carbonyl (C=O) groups excluding carboxylic acids is 12. The van der Waals surface area contributed by atoms with E-state index in [1.54, 1.807) is 84.9 Å². The van der Waals surface area contributed by atoms with Crippen molar-refractivity contribution in [3.63, 3.8) is 0 Å². The molecule has 6 atom stereocenters. The van der Waals surface area contributed by atoms with Gasteiger partial charge in [-0.25, -0.2) is 55.1 Å². The van der Waals surface area contributed by atoms with Gasteiger partial charge < -0.3 is 90.6 Å². The standard InChI is InChI=1S/C16H21ClFN3O2.2C15H19ClFN3O2.2C15H18ClFN2O3.C14H16ClFN2O3/c1-3-20(2)16(23)21-8-4-5-11(10-21)15(22)19-12-6-7-13(17)14(18)9-12;1-19(2)15(22)20-7-3-4-10(9-20)14(21)18-11-5-6-12(16)13(17)8-11;1-2-18-15(22)20-7-3-4-10(9-20)14(21)19-11-5-6-12(16)13(17)8-11;1-2-22-15(21)19-8-4-5-10(9-19)14(20)18-12-7-3-6-11(17)13(12)16;1-2-22-15(21)19-8-4-5-10(9-19)14(20)18-12-7-3-6-11(16)13(12)17;1-21-14(20)18-7-3-4-9(8-18)13(19)17-11-6-2-5-10(15)12(11)16/h6-7,9,11H,3-5,8,10H2,1-2H3,(H,19,22);5-6,8,10H,3-4,7,9H2,1-2H3,(H,18,21);5-6,8,10H,2-4,7,9H2,1H3,(H,18,22)(H,19,21);2*3,6-7,10H,2,4-5,8-9H2,1H3,(H,18,20);2,5-6,9H,3-4,7-8H2,1H3,(H,17,19)/t11-;4*10-;9-/m000000/s1. The maximum atomic E-state index is 13.8. The highest BCUT2D eigenvalue weighted by Crippen LogP contribution is 2.32. The molecule has 0 radical (unpaired) electrons. The molecule has 6 aromatic rings. The summed E-state index contributed by atoms with van der Waals surface area (Å²) in [4.78, 5) is 157. The van der Waals surface area contributed by atoms with E-state index in [1.165, 1.54) is 106 Å². The number of methoxy groups -OCH3 is 1. The van der Waals surface area contributed by atoms with Crippen molar-refractivity contribution in [3.05, 3.63) is 174 Å². The number of carbonyl (C=O) groups is 12. The second-order valence-corrected chi connectivity index (χ2v) is 33.9. The van der Waals surface area contributed by atoms with Crippen molar-refractivity contribution in [3.8, 4) is 0 Å². The molecule has 720 valence electrons. The van der Waals surface area contributed by atoms with Crippen LogP contribution < -0.4 is 37.2 Å². The molecule has 132 heavy (non-hydrogen) atoms. The lowest BCUT2D eigenvalue weighted by Gasteiger charge is -2.34. The number of hydrogen-bond acceptors (Lipinski definition) is 15. The van der Waals surface area contributed by atoms with E-state index in [2.05, 4.69) is 42.0 Å². The quantitative estimate of drug-likeness (QED) is 0.0350. The first-order valence-electron chi connectivity index (χ1n) is 43.1. The van der Waals surface area contributed by atoms with E-state index < -0.39 is 65.0 Å². The van der Waals surface area contributed by atoms with Crippen LogP contribution in [0.4, 0.5) is 89.2 Å². The third kappa shape index (κ3) is 33.4. The van der Waals surface area contributed by atoms with Gasteiger partial charge in [-0.3, -0.25) is 28.8 Å². The number of anilines is 6. The molecule has 6 aliphatic rings. The zero-order chi connectivity index (χ0) is 97.0. The van der Waals surface area contributed by atoms with Gasteiger partial charge in [-0.2, -0.15) is 0 Å². The number of halogens is 12. The van der Waals surface area contributed by atoms with E-state index in [4.69, 9.17) is 79.1 Å². The van der Waals surface area contributed by atoms with Crippen LogP contribution in [0.2, 0.25) is 30.1 Å². The summed E-state index contributed by atoms with van der Waals surface area (Å²) in [6.07, 6.45) is 7.21. The third-order valence-corrected chi connectivity index (χ3v) is 23.7. The van der Waals surface area contributed by atoms with Crippen LogP contribution in [-0.4, -0.2) is 244 Å². The zero-order valence-electron chi connectivity index (χ0n) is 74.4. The summed E-state index contributed by atoms with van der Waals surface area (Å²) in [7, 11) is 6.40. The number of benzene rings is 6. The molecule has 6 aromatic carbocycles. The first kappa shape index (κ1) is 108. The molecule has 0 unspecified atom stereocenters. The Morgan fingerprint density at radius 3 is 1.00 bits per heavy atom. The first-order valence-corrected chi connectivity index (χ1v) is 45.3. The average Bonchev–Trinajstić information content (AvgIpc) is 1.08. The molecule has 0 spiro atoms. The van der Waals surface area contributed by atoms with Crippen molar-refractivity contribution in [1.82, 2.24) is 44.5 Å². The van der Waals surface area contributed by atoms with Crippen LogP contribution in [0.3, 0.4) is 0 Å². The summed E-state index contributed by atoms with van der Waals surface area (Å²) < 4.78 is 95.7. The highest BCUT2D eigenvalue weighted by atomic mass is 35.5. The fourth-order valence-electron chi connectivity index (χ4n) is 14.6. The minimum Gasteiger partial charge on any atom is -0.453 e. The highest BCUT2D eigenvalue weighted by molar-refractivity contribution is 6.34. The maximum Gasteiger partial charge on any atom is 0.409 e. The van der Waals surface area contributed by atoms with Crippen LogP contribution in [0, 0.1) is 70.4 Å². The normalized spacial score (nSPS) is 18.0. The van der Waals surface area contributed by atoms with E-state index in [0.717, 1.165) is 19.3 Å². The van der Waals surface area contributed by atoms with E-state index in [9.17, 15) is 83.9 Å². The van der Waals surface area contributed by atoms with E-state index >= 15 is 0 Å². The van der Waals surface area contributed by atoms with Crippen molar-refractivity contribution < 1.29 is 98.1 Å². The number of amides is 15. The molecule has 15 amide bonds. The van der Waals surface area contributed by atoms with Crippen LogP contribution >= 0.6 is 69.6 Å². The average molecular weight is 1970 g/mol. The minimum atomic E-state index is -0.659. The van der Waals surface area contributed by atoms with E-state index in [0.29, 0.717) is 160 Å². The summed E-state index contributed by atoms with van der Waals surface area (Å²) in [5, 5.41) is 18.3. The van der Waals surface area contributed by atoms with Crippen molar-refractivity contribution in [2.45, 2.75) is 105 Å². The Morgan fingerprint density at radius 1 is 0.364 bits per heavy atom. The van der Waals surface area contributed by atoms with E-state index in [-0.39, 0.29) is 144 Å². The van der Waals surface area contributed by atoms with Gasteiger partial charge in [0, 0.05) is 130 Å². The molecule has 12 rings (SSSR count). The summed E-state index contributed by atoms with van der Waals surface area (Å²) in [5.41, 5.74) is 1.42. The molecular formula is C90H111Cl6F6N15O15. The Bertz CT molecular complexity index is 4890. The largest absolute Gasteiger partial charge is 0.453 e. The fourth-order valence-corrected chi connectivity index (χ4v) is 15.5. The van der Waals surface area contributed by atoms with Crippen LogP contribution in [0.25, 0.3) is 0 Å². The number of urea groups is 3. The molecule has 0 aromatic heterocycles. The van der Waals surface area contributed by atoms with Gasteiger partial charge >= 0.3 is 36.4 Å². The summed E-state index contributed by atoms with van der Waals surface area (Å²) in [6.45, 7) is 14.6. The second-order valence-electron chi connectivity index (χ2n) is 31.5. The number of nitrogens with one attached hydrogen (secondary N) is 7. The van der Waals surface area contributed by atoms with Gasteiger partial charge in [0.05, 0.1) is 103 Å². The minimum absolute atomic E-state index is 0.0121. The summed E-state index contributed by atoms with van der Waals surface area (Å²) in [6, 6.07) is 25.2. The molecule has 7 N–H and O–H groups in total. The molecule has 6 heterocycles. The number of likely N-dealkylation sites (tertiary alicyclic amines) is 6. The van der Waals surface area contributed by atoms with Gasteiger partial charge in [0.25, 0.3) is 0 Å². The summed E-state index contributed by atoms with van der Waals surface area (Å²) >= 11 is 34.0. The number of hydrogen-bond donors (Lipinski definition) is 7. The zero-order valence-corrected chi connectivity index (χ0v) is 78.9. The highest BCUT2D eigenvalue weighted by Gasteiger charge is 2.36. The SMILES string of the molecule is CCN(C)C(=O)N1CCC[C@H](C(=O)Nc2ccc(Cl)c(F)c2)C1.CCNC(=O)N1CCC[C@H](C(=O)Nc2ccc(Cl)c(F)c2)C1.CCOC(=O)N1CCC[C@H](C(=O)Nc2cccc(Cl)c2F)C1.CCOC(=O)N1CCC[C@H](C(=O)Nc2cccc(F)c2Cl)C1.CN(C)C(=O)N1CCC[C@H](C(=O)Nc2ccc(Cl)c(F)c2)C1.COC(=O)N1CCC[C@H](C(=O)Nc2cccc(Cl)c2F)C1. The Morgan fingerprint density at radius 2 is 0.667 bits per heavy atom. The first-order chi connectivity index (χ1) is 62.9. The van der Waals surface area contributed by atoms with Crippen LogP contribution in [0.15, 0.2) is 109 Å². The summed E-state index contributed by atoms with van der Waals surface area (Å²) in [5.74, 6) is -7.22. The number of ether oxygens (including phenoxy) is 3. The lowest BCUT2D eigenvalue weighted by Crippen LogP contribution is -2.48. The topological polar surface area (TPSA) is 343 Å². The number of rotatable bonds is 16. The van der Waals surface area contributed by atoms with Crippen molar-refractivity contribution >= 4 is 176 Å². The van der Waals surface area contributed by atoms with Crippen molar-refractivity contribution in [2.24, 2.45) is 35.5 Å². The Balaban J connectivity index is 0.000000216. The Hall–Kier alpha value is -10.9. The number of piperidine rings is 6. The van der Waals surface area contributed by atoms with E-state index in [1.807, 2.05) is 13.8 Å². The molecule has 42 heteroatoms. The van der Waals surface area contributed by atoms with Gasteiger partial charge in [-0.05, 0) is 196 Å². The molecule has 6 saturated heterocycles. The van der Waals surface area contributed by atoms with Crippen LogP contribution in [-0.2, 0) is 43.0 Å². The predicted molar refractivity (Wildman–Crippen MR) is 494 cm³/mol. The molecule has 6 fully saturated rings. The monoisotopic (exact) mass is 1970 g/mol. The Labute approximate surface area is 792 Å². The van der Waals surface area contributed by atoms with Gasteiger partial charge in [-0.1, -0.05) is 87.8 Å². The molecule has 0 aliphatic carbocycles. The van der Waals surface area contributed by atoms with Gasteiger partial charge in [0.15, 0.2) is 11.6 Å². The molecular weight excluding hydrogens is 1860 g/mol. The second kappa shape index (κ2) is 54.3. The Kier molecular flexibility index (Phi) is 44.5. The van der Waals surface area contributed by atoms with Crippen LogP contribution in [0.5, 0.6) is 0 Å². The van der Waals surface area contributed by atoms with Gasteiger partial charge in [-0.15, -0.1) is 0 Å². The van der Waals surface area contributed by atoms with Crippen LogP contribution in [0.1, 0.15) is 105 Å². The third-order valence-electron chi connectivity index (χ3n) is 21.8. The lowest BCUT2D eigenvalue weighted by molar-refractivity contribution is -0.122. The maximum absolute atomic E-state index is 13.8. The molecule has 0 saturated carbocycles. The van der Waals surface area contributed by atoms with Crippen molar-refractivity contribution in [2.75, 3.05) is 165 Å².